The molecule has 0 saturated carbocycles. The summed E-state index contributed by atoms with van der Waals surface area (Å²) in [7, 11) is 0. The first-order chi connectivity index (χ1) is 6.81. The fourth-order valence-electron chi connectivity index (χ4n) is 0.813. The molecule has 0 aromatic rings. The summed E-state index contributed by atoms with van der Waals surface area (Å²) in [6.07, 6.45) is -13.7. The molecule has 0 aromatic carbocycles. The number of hydrogen-bond acceptors (Lipinski definition) is 0. The molecule has 0 heterocycles. The second-order valence-electron chi connectivity index (χ2n) is 2.78. The minimum Gasteiger partial charge on any atom is -0.222 e. The van der Waals surface area contributed by atoms with Crippen LogP contribution in [0.3, 0.4) is 0 Å². The Labute approximate surface area is 83.7 Å². The molecule has 0 nitrogen and oxygen atoms in total. The van der Waals surface area contributed by atoms with E-state index in [1.54, 1.807) is 0 Å². The highest BCUT2D eigenvalue weighted by Crippen LogP contribution is 2.53. The van der Waals surface area contributed by atoms with Crippen molar-refractivity contribution in [3.8, 4) is 0 Å². The van der Waals surface area contributed by atoms with E-state index in [2.05, 4.69) is 0 Å². The van der Waals surface area contributed by atoms with Crippen molar-refractivity contribution in [2.24, 2.45) is 0 Å². The Morgan fingerprint density at radius 1 is 0.688 bits per heavy atom. The molecule has 0 amide bonds. The first-order valence-corrected chi connectivity index (χ1v) is 3.65. The van der Waals surface area contributed by atoms with Gasteiger partial charge in [-0.15, -0.1) is 0 Å². The lowest BCUT2D eigenvalue weighted by Crippen LogP contribution is -2.60. The van der Waals surface area contributed by atoms with Crippen LogP contribution in [0.1, 0.15) is 6.92 Å². The number of rotatable bonds is 2. The van der Waals surface area contributed by atoms with Gasteiger partial charge in [-0.05, 0) is 13.0 Å². The van der Waals surface area contributed by atoms with Crippen LogP contribution < -0.4 is 0 Å². The van der Waals surface area contributed by atoms with Gasteiger partial charge in [-0.1, -0.05) is 6.08 Å². The third-order valence-corrected chi connectivity index (χ3v) is 1.62. The van der Waals surface area contributed by atoms with E-state index in [0.29, 0.717) is 6.92 Å². The van der Waals surface area contributed by atoms with Crippen molar-refractivity contribution in [2.45, 2.75) is 30.9 Å². The molecule has 0 aliphatic carbocycles. The lowest BCUT2D eigenvalue weighted by Gasteiger charge is -2.33. The van der Waals surface area contributed by atoms with Crippen molar-refractivity contribution in [1.29, 1.82) is 0 Å². The van der Waals surface area contributed by atoms with Crippen molar-refractivity contribution >= 4 is 0 Å². The zero-order valence-corrected chi connectivity index (χ0v) is 7.56. The Morgan fingerprint density at radius 2 is 1.06 bits per heavy atom. The number of alkyl halides is 9. The van der Waals surface area contributed by atoms with Gasteiger partial charge in [0, 0.05) is 0 Å². The summed E-state index contributed by atoms with van der Waals surface area (Å²) in [6, 6.07) is 0. The first kappa shape index (κ1) is 15.1. The molecule has 0 saturated heterocycles. The Morgan fingerprint density at radius 3 is 1.25 bits per heavy atom. The maximum Gasteiger partial charge on any atom is 0.457 e. The van der Waals surface area contributed by atoms with Gasteiger partial charge < -0.3 is 0 Å². The van der Waals surface area contributed by atoms with Gasteiger partial charge in [-0.2, -0.15) is 35.1 Å². The van der Waals surface area contributed by atoms with Crippen LogP contribution >= 0.6 is 0 Å². The largest absolute Gasteiger partial charge is 0.457 e. The van der Waals surface area contributed by atoms with Gasteiger partial charge in [0.2, 0.25) is 0 Å². The van der Waals surface area contributed by atoms with Crippen LogP contribution in [0, 0.1) is 0 Å². The summed E-state index contributed by atoms with van der Waals surface area (Å²) in [5, 5.41) is 0. The van der Waals surface area contributed by atoms with Crippen molar-refractivity contribution < 1.29 is 39.5 Å². The molecule has 0 N–H and O–H groups in total. The van der Waals surface area contributed by atoms with E-state index in [1.807, 2.05) is 0 Å². The van der Waals surface area contributed by atoms with Gasteiger partial charge in [0.25, 0.3) is 5.67 Å². The molecule has 0 bridgehead atoms. The van der Waals surface area contributed by atoms with Crippen LogP contribution in [0.4, 0.5) is 39.5 Å². The minimum atomic E-state index is -6.64. The zero-order chi connectivity index (χ0) is 13.4. The normalized spacial score (nSPS) is 18.9. The third-order valence-electron chi connectivity index (χ3n) is 1.62. The van der Waals surface area contributed by atoms with E-state index < -0.39 is 30.0 Å². The predicted octanol–water partition coefficient (Wildman–Crippen LogP) is 4.03. The van der Waals surface area contributed by atoms with Crippen LogP contribution in [0.5, 0.6) is 0 Å². The van der Waals surface area contributed by atoms with E-state index in [1.165, 1.54) is 0 Å². The van der Waals surface area contributed by atoms with Crippen LogP contribution in [0.2, 0.25) is 0 Å². The van der Waals surface area contributed by atoms with Gasteiger partial charge in [0.1, 0.15) is 0 Å². The summed E-state index contributed by atoms with van der Waals surface area (Å²) >= 11 is 0. The molecule has 0 aromatic heterocycles. The highest BCUT2D eigenvalue weighted by atomic mass is 19.4. The van der Waals surface area contributed by atoms with Crippen molar-refractivity contribution in [2.75, 3.05) is 0 Å². The molecule has 0 fully saturated rings. The monoisotopic (exact) mass is 260 g/mol. The second-order valence-corrected chi connectivity index (χ2v) is 2.78. The average molecular weight is 260 g/mol. The lowest BCUT2D eigenvalue weighted by atomic mass is 9.95. The van der Waals surface area contributed by atoms with Crippen LogP contribution in [0.15, 0.2) is 12.2 Å². The smallest absolute Gasteiger partial charge is 0.222 e. The highest BCUT2D eigenvalue weighted by molar-refractivity contribution is 5.15. The first-order valence-electron chi connectivity index (χ1n) is 3.65. The van der Waals surface area contributed by atoms with E-state index >= 15 is 0 Å². The van der Waals surface area contributed by atoms with Gasteiger partial charge >= 0.3 is 18.3 Å². The van der Waals surface area contributed by atoms with Crippen molar-refractivity contribution in [1.82, 2.24) is 0 Å². The standard InChI is InChI=1S/C7H5F9/c1-2-3-4(8,6(11,12)13)5(9,10)7(14,15)16/h2-3H,1H3/b3-2-. The summed E-state index contributed by atoms with van der Waals surface area (Å²) < 4.78 is 108. The van der Waals surface area contributed by atoms with Crippen LogP contribution in [0.25, 0.3) is 0 Å². The Kier molecular flexibility index (Phi) is 3.63. The van der Waals surface area contributed by atoms with Gasteiger partial charge in [-0.3, -0.25) is 0 Å². The fraction of sp³-hybridized carbons (Fsp3) is 0.714. The molecule has 1 unspecified atom stereocenters. The molecule has 16 heavy (non-hydrogen) atoms. The molecule has 0 spiro atoms. The number of allylic oxidation sites excluding steroid dienone is 2. The van der Waals surface area contributed by atoms with Gasteiger partial charge in [0.05, 0.1) is 0 Å². The fourth-order valence-corrected chi connectivity index (χ4v) is 0.813. The zero-order valence-electron chi connectivity index (χ0n) is 7.56. The Bertz CT molecular complexity index is 271. The topological polar surface area (TPSA) is 0 Å². The molecule has 9 heteroatoms. The average Bonchev–Trinajstić information content (AvgIpc) is 1.99. The Balaban J connectivity index is 5.74. The van der Waals surface area contributed by atoms with Crippen molar-refractivity contribution in [3.63, 3.8) is 0 Å². The maximum atomic E-state index is 12.9. The molecule has 1 atom stereocenters. The lowest BCUT2D eigenvalue weighted by molar-refractivity contribution is -0.369. The van der Waals surface area contributed by atoms with Crippen LogP contribution in [-0.2, 0) is 0 Å². The minimum absolute atomic E-state index is 0.132. The predicted molar refractivity (Wildman–Crippen MR) is 35.7 cm³/mol. The third kappa shape index (κ3) is 2.12. The van der Waals surface area contributed by atoms with E-state index in [-0.39, 0.29) is 6.08 Å². The molecule has 0 aliphatic rings. The van der Waals surface area contributed by atoms with Gasteiger partial charge in [0.15, 0.2) is 0 Å². The van der Waals surface area contributed by atoms with E-state index in [0.717, 1.165) is 0 Å². The number of hydrogen-bond donors (Lipinski definition) is 0. The summed E-state index contributed by atoms with van der Waals surface area (Å²) in [5.41, 5.74) is -5.77. The molecule has 0 aliphatic heterocycles. The van der Waals surface area contributed by atoms with Gasteiger partial charge in [-0.25, -0.2) is 4.39 Å². The molecule has 0 radical (unpaired) electrons. The number of halogens is 9. The molecular weight excluding hydrogens is 255 g/mol. The van der Waals surface area contributed by atoms with Crippen molar-refractivity contribution in [3.05, 3.63) is 12.2 Å². The summed E-state index contributed by atoms with van der Waals surface area (Å²) in [4.78, 5) is 0. The second kappa shape index (κ2) is 3.85. The van der Waals surface area contributed by atoms with E-state index in [4.69, 9.17) is 0 Å². The summed E-state index contributed by atoms with van der Waals surface area (Å²) in [5.74, 6) is -6.55. The quantitative estimate of drug-likeness (QED) is 0.519. The van der Waals surface area contributed by atoms with Crippen LogP contribution in [-0.4, -0.2) is 23.9 Å². The molecule has 0 rings (SSSR count). The molecular formula is C7H5F9. The highest BCUT2D eigenvalue weighted by Gasteiger charge is 2.79. The Hall–Kier alpha value is -0.890. The maximum absolute atomic E-state index is 12.9. The summed E-state index contributed by atoms with van der Waals surface area (Å²) in [6.45, 7) is 0.687. The SMILES string of the molecule is C/C=C\C(F)(C(F)(F)F)C(F)(F)C(F)(F)F. The van der Waals surface area contributed by atoms with E-state index in [9.17, 15) is 39.5 Å². The molecule has 96 valence electrons.